The molecule has 1 heterocycles. The second-order valence-electron chi connectivity index (χ2n) is 7.16. The van der Waals surface area contributed by atoms with E-state index in [0.717, 1.165) is 22.2 Å². The molecule has 0 saturated carbocycles. The molecular formula is C25H25FN2O5S. The summed E-state index contributed by atoms with van der Waals surface area (Å²) in [6.07, 6.45) is 3.83. The van der Waals surface area contributed by atoms with Gasteiger partial charge in [-0.25, -0.2) is 4.39 Å². The SMILES string of the molecule is C=CCc1cc(/C=C2\SC(=O)N(CC(=O)Nc3ccccc3F)C2=O)cc(OCC)c1OCC. The van der Waals surface area contributed by atoms with Gasteiger partial charge in [0.1, 0.15) is 12.4 Å². The smallest absolute Gasteiger partial charge is 0.294 e. The Morgan fingerprint density at radius 3 is 2.59 bits per heavy atom. The lowest BCUT2D eigenvalue weighted by molar-refractivity contribution is -0.127. The number of imide groups is 1. The molecule has 1 saturated heterocycles. The van der Waals surface area contributed by atoms with Gasteiger partial charge in [0, 0.05) is 5.56 Å². The van der Waals surface area contributed by atoms with Gasteiger partial charge in [0.2, 0.25) is 5.91 Å². The maximum absolute atomic E-state index is 13.8. The average molecular weight is 485 g/mol. The van der Waals surface area contributed by atoms with Crippen molar-refractivity contribution in [3.63, 3.8) is 0 Å². The molecule has 178 valence electrons. The van der Waals surface area contributed by atoms with E-state index in [9.17, 15) is 18.8 Å². The molecule has 0 bridgehead atoms. The van der Waals surface area contributed by atoms with E-state index < -0.39 is 29.4 Å². The molecule has 34 heavy (non-hydrogen) atoms. The van der Waals surface area contributed by atoms with Gasteiger partial charge in [-0.15, -0.1) is 6.58 Å². The third-order valence-electron chi connectivity index (χ3n) is 4.73. The molecule has 1 aliphatic rings. The van der Waals surface area contributed by atoms with E-state index in [-0.39, 0.29) is 10.6 Å². The lowest BCUT2D eigenvalue weighted by Gasteiger charge is -2.16. The number of nitrogens with one attached hydrogen (secondary N) is 1. The Kier molecular flexibility index (Phi) is 8.48. The van der Waals surface area contributed by atoms with Crippen molar-refractivity contribution in [2.75, 3.05) is 25.1 Å². The first-order chi connectivity index (χ1) is 16.4. The molecule has 3 rings (SSSR count). The number of ether oxygens (including phenoxy) is 2. The number of nitrogens with zero attached hydrogens (tertiary/aromatic N) is 1. The molecule has 0 radical (unpaired) electrons. The van der Waals surface area contributed by atoms with Crippen LogP contribution in [0.25, 0.3) is 6.08 Å². The molecule has 2 aromatic carbocycles. The number of halogens is 1. The highest BCUT2D eigenvalue weighted by atomic mass is 32.2. The number of amides is 3. The lowest BCUT2D eigenvalue weighted by atomic mass is 10.0. The summed E-state index contributed by atoms with van der Waals surface area (Å²) in [7, 11) is 0. The monoisotopic (exact) mass is 484 g/mol. The first-order valence-corrected chi connectivity index (χ1v) is 11.5. The van der Waals surface area contributed by atoms with E-state index in [0.29, 0.717) is 36.7 Å². The van der Waals surface area contributed by atoms with E-state index in [4.69, 9.17) is 9.47 Å². The van der Waals surface area contributed by atoms with Crippen LogP contribution in [0.1, 0.15) is 25.0 Å². The number of para-hydroxylation sites is 1. The van der Waals surface area contributed by atoms with Crippen LogP contribution in [0.3, 0.4) is 0 Å². The Morgan fingerprint density at radius 2 is 1.91 bits per heavy atom. The Hall–Kier alpha value is -3.59. The highest BCUT2D eigenvalue weighted by Crippen LogP contribution is 2.37. The van der Waals surface area contributed by atoms with Gasteiger partial charge in [-0.2, -0.15) is 0 Å². The van der Waals surface area contributed by atoms with E-state index in [2.05, 4.69) is 11.9 Å². The normalized spacial score (nSPS) is 14.4. The number of carbonyl (C=O) groups is 3. The molecule has 2 aromatic rings. The Labute approximate surface area is 201 Å². The number of carbonyl (C=O) groups excluding carboxylic acids is 3. The predicted octanol–water partition coefficient (Wildman–Crippen LogP) is 5.03. The van der Waals surface area contributed by atoms with Crippen LogP contribution in [0.4, 0.5) is 14.9 Å². The van der Waals surface area contributed by atoms with Crippen LogP contribution in [0, 0.1) is 5.82 Å². The van der Waals surface area contributed by atoms with Crippen LogP contribution in [0.5, 0.6) is 11.5 Å². The van der Waals surface area contributed by atoms with Crippen LogP contribution in [0.15, 0.2) is 54.0 Å². The van der Waals surface area contributed by atoms with Crippen molar-refractivity contribution in [3.8, 4) is 11.5 Å². The molecule has 3 amide bonds. The number of thioether (sulfide) groups is 1. The standard InChI is InChI=1S/C25H25FN2O5S/c1-4-9-17-12-16(13-20(32-5-2)23(17)33-6-3)14-21-24(30)28(25(31)34-21)15-22(29)27-19-11-8-7-10-18(19)26/h4,7-8,10-14H,1,5-6,9,15H2,2-3H3,(H,27,29)/b21-14-. The number of rotatable bonds is 10. The summed E-state index contributed by atoms with van der Waals surface area (Å²) in [5, 5.41) is 1.79. The van der Waals surface area contributed by atoms with Gasteiger partial charge in [-0.3, -0.25) is 19.3 Å². The summed E-state index contributed by atoms with van der Waals surface area (Å²) < 4.78 is 25.3. The van der Waals surface area contributed by atoms with Crippen LogP contribution < -0.4 is 14.8 Å². The maximum Gasteiger partial charge on any atom is 0.294 e. The van der Waals surface area contributed by atoms with Crippen LogP contribution in [0.2, 0.25) is 0 Å². The number of hydrogen-bond donors (Lipinski definition) is 1. The summed E-state index contributed by atoms with van der Waals surface area (Å²) in [4.78, 5) is 38.6. The molecule has 0 aliphatic carbocycles. The van der Waals surface area contributed by atoms with Crippen molar-refractivity contribution in [2.24, 2.45) is 0 Å². The summed E-state index contributed by atoms with van der Waals surface area (Å²) in [6, 6.07) is 9.23. The zero-order valence-corrected chi connectivity index (χ0v) is 19.7. The average Bonchev–Trinajstić information content (AvgIpc) is 3.05. The number of anilines is 1. The van der Waals surface area contributed by atoms with Gasteiger partial charge in [0.05, 0.1) is 23.8 Å². The van der Waals surface area contributed by atoms with Crippen LogP contribution in [-0.2, 0) is 16.0 Å². The molecular weight excluding hydrogens is 459 g/mol. The van der Waals surface area contributed by atoms with Crippen LogP contribution >= 0.6 is 11.8 Å². The fourth-order valence-electron chi connectivity index (χ4n) is 3.33. The Bertz CT molecular complexity index is 1150. The van der Waals surface area contributed by atoms with Crippen molar-refractivity contribution in [3.05, 3.63) is 70.9 Å². The van der Waals surface area contributed by atoms with Crippen molar-refractivity contribution in [1.29, 1.82) is 0 Å². The Morgan fingerprint density at radius 1 is 1.18 bits per heavy atom. The largest absolute Gasteiger partial charge is 0.490 e. The van der Waals surface area contributed by atoms with Crippen LogP contribution in [-0.4, -0.2) is 41.7 Å². The summed E-state index contributed by atoms with van der Waals surface area (Å²) >= 11 is 0.733. The van der Waals surface area contributed by atoms with Crippen molar-refractivity contribution in [2.45, 2.75) is 20.3 Å². The molecule has 1 N–H and O–H groups in total. The van der Waals surface area contributed by atoms with E-state index in [1.807, 2.05) is 19.9 Å². The number of hydrogen-bond acceptors (Lipinski definition) is 6. The van der Waals surface area contributed by atoms with E-state index in [1.165, 1.54) is 18.2 Å². The minimum Gasteiger partial charge on any atom is -0.490 e. The summed E-state index contributed by atoms with van der Waals surface area (Å²) in [5.41, 5.74) is 1.45. The van der Waals surface area contributed by atoms with E-state index >= 15 is 0 Å². The van der Waals surface area contributed by atoms with Crippen molar-refractivity contribution >= 4 is 40.6 Å². The zero-order chi connectivity index (χ0) is 24.7. The number of allylic oxidation sites excluding steroid dienone is 1. The van der Waals surface area contributed by atoms with Gasteiger partial charge in [-0.05, 0) is 67.9 Å². The fourth-order valence-corrected chi connectivity index (χ4v) is 4.17. The molecule has 0 spiro atoms. The molecule has 9 heteroatoms. The third kappa shape index (κ3) is 5.85. The molecule has 0 unspecified atom stereocenters. The zero-order valence-electron chi connectivity index (χ0n) is 18.9. The lowest BCUT2D eigenvalue weighted by Crippen LogP contribution is -2.36. The number of benzene rings is 2. The van der Waals surface area contributed by atoms with Gasteiger partial charge in [0.25, 0.3) is 11.1 Å². The second kappa shape index (κ2) is 11.5. The molecule has 7 nitrogen and oxygen atoms in total. The first-order valence-electron chi connectivity index (χ1n) is 10.7. The topological polar surface area (TPSA) is 84.9 Å². The second-order valence-corrected chi connectivity index (χ2v) is 8.16. The molecule has 0 atom stereocenters. The maximum atomic E-state index is 13.8. The minimum absolute atomic E-state index is 0.0254. The van der Waals surface area contributed by atoms with Gasteiger partial charge < -0.3 is 14.8 Å². The quantitative estimate of drug-likeness (QED) is 0.376. The Balaban J connectivity index is 1.83. The summed E-state index contributed by atoms with van der Waals surface area (Å²) in [5.74, 6) is -0.754. The minimum atomic E-state index is -0.679. The molecule has 1 fully saturated rings. The van der Waals surface area contributed by atoms with Crippen molar-refractivity contribution < 1.29 is 28.2 Å². The van der Waals surface area contributed by atoms with Gasteiger partial charge >= 0.3 is 0 Å². The molecule has 0 aromatic heterocycles. The fraction of sp³-hybridized carbons (Fsp3) is 0.240. The van der Waals surface area contributed by atoms with Crippen molar-refractivity contribution in [1.82, 2.24) is 4.90 Å². The first kappa shape index (κ1) is 25.0. The van der Waals surface area contributed by atoms with Gasteiger partial charge in [-0.1, -0.05) is 18.2 Å². The third-order valence-corrected chi connectivity index (χ3v) is 5.64. The van der Waals surface area contributed by atoms with E-state index in [1.54, 1.807) is 24.3 Å². The highest BCUT2D eigenvalue weighted by Gasteiger charge is 2.36. The highest BCUT2D eigenvalue weighted by molar-refractivity contribution is 8.18. The molecule has 1 aliphatic heterocycles. The summed E-state index contributed by atoms with van der Waals surface area (Å²) in [6.45, 7) is 7.86. The van der Waals surface area contributed by atoms with Gasteiger partial charge in [0.15, 0.2) is 11.5 Å². The predicted molar refractivity (Wildman–Crippen MR) is 130 cm³/mol.